The summed E-state index contributed by atoms with van der Waals surface area (Å²) in [6, 6.07) is 0.302. The highest BCUT2D eigenvalue weighted by Gasteiger charge is 2.10. The van der Waals surface area contributed by atoms with Gasteiger partial charge < -0.3 is 0 Å². The van der Waals surface area contributed by atoms with Gasteiger partial charge in [0.15, 0.2) is 0 Å². The Balaban J connectivity index is 0. The fourth-order valence-corrected chi connectivity index (χ4v) is 1.28. The van der Waals surface area contributed by atoms with Gasteiger partial charge in [0, 0.05) is 14.1 Å². The van der Waals surface area contributed by atoms with Gasteiger partial charge in [0.05, 0.1) is 6.04 Å². The normalized spacial score (nSPS) is 13.1. The monoisotopic (exact) mass is 239 g/mol. The Morgan fingerprint density at radius 1 is 0.824 bits per heavy atom. The molecule has 0 spiro atoms. The van der Waals surface area contributed by atoms with E-state index in [0.29, 0.717) is 6.04 Å². The number of aliphatic imine (C=N–C) groups is 3. The Morgan fingerprint density at radius 3 is 1.53 bits per heavy atom. The maximum Gasteiger partial charge on any atom is 0.235 e. The van der Waals surface area contributed by atoms with E-state index in [9.17, 15) is 4.79 Å². The van der Waals surface area contributed by atoms with Gasteiger partial charge in [-0.25, -0.2) is 29.4 Å². The van der Waals surface area contributed by atoms with Gasteiger partial charge in [-0.05, 0) is 12.8 Å². The first-order valence-corrected chi connectivity index (χ1v) is 5.25. The Kier molecular flexibility index (Phi) is 17.1. The zero-order valence-corrected chi connectivity index (χ0v) is 10.2. The molecule has 1 saturated carbocycles. The molecule has 1 aliphatic rings. The summed E-state index contributed by atoms with van der Waals surface area (Å²) in [5.41, 5.74) is 0. The van der Waals surface area contributed by atoms with Crippen LogP contribution in [0.3, 0.4) is 0 Å². The predicted molar refractivity (Wildman–Crippen MR) is 63.1 cm³/mol. The number of nitrogens with zero attached hydrogens (tertiary/aromatic N) is 3. The molecular weight excluding hydrogens is 222 g/mol. The van der Waals surface area contributed by atoms with E-state index < -0.39 is 0 Å². The highest BCUT2D eigenvalue weighted by atomic mass is 16.1. The molecule has 6 nitrogen and oxygen atoms in total. The molecule has 1 aliphatic carbocycles. The molecule has 0 unspecified atom stereocenters. The smallest absolute Gasteiger partial charge is 0.211 e. The minimum atomic E-state index is 0.302. The fourth-order valence-electron chi connectivity index (χ4n) is 1.28. The quantitative estimate of drug-likeness (QED) is 0.513. The summed E-state index contributed by atoms with van der Waals surface area (Å²) >= 11 is 0. The third-order valence-electron chi connectivity index (χ3n) is 1.99. The van der Waals surface area contributed by atoms with E-state index in [2.05, 4.69) is 15.0 Å². The van der Waals surface area contributed by atoms with Crippen molar-refractivity contribution in [1.82, 2.24) is 0 Å². The van der Waals surface area contributed by atoms with Crippen LogP contribution in [0.1, 0.15) is 32.1 Å². The molecule has 94 valence electrons. The first kappa shape index (κ1) is 17.5. The topological polar surface area (TPSA) is 88.3 Å². The predicted octanol–water partition coefficient (Wildman–Crippen LogP) is 1.56. The van der Waals surface area contributed by atoms with E-state index in [4.69, 9.17) is 9.59 Å². The van der Waals surface area contributed by atoms with E-state index >= 15 is 0 Å². The molecule has 0 radical (unpaired) electrons. The van der Waals surface area contributed by atoms with E-state index in [-0.39, 0.29) is 0 Å². The van der Waals surface area contributed by atoms with Crippen molar-refractivity contribution in [3.8, 4) is 0 Å². The maximum atomic E-state index is 9.78. The molecule has 6 heteroatoms. The molecule has 0 aromatic heterocycles. The second-order valence-corrected chi connectivity index (χ2v) is 3.14. The van der Waals surface area contributed by atoms with Crippen LogP contribution in [0, 0.1) is 0 Å². The highest BCUT2D eigenvalue weighted by Crippen LogP contribution is 2.19. The van der Waals surface area contributed by atoms with Crippen molar-refractivity contribution in [1.29, 1.82) is 0 Å². The number of carbonyl (C=O) groups excluding carboxylic acids is 3. The first-order chi connectivity index (χ1) is 8.26. The number of hydrogen-bond donors (Lipinski definition) is 0. The van der Waals surface area contributed by atoms with Gasteiger partial charge in [0.2, 0.25) is 18.2 Å². The third-order valence-corrected chi connectivity index (χ3v) is 1.99. The Hall–Kier alpha value is -1.86. The lowest BCUT2D eigenvalue weighted by molar-refractivity contribution is 0.439. The lowest BCUT2D eigenvalue weighted by atomic mass is 9.96. The van der Waals surface area contributed by atoms with Crippen molar-refractivity contribution in [2.75, 3.05) is 14.1 Å². The van der Waals surface area contributed by atoms with Crippen LogP contribution in [0.4, 0.5) is 0 Å². The molecule has 0 aromatic carbocycles. The third kappa shape index (κ3) is 16.8. The second-order valence-electron chi connectivity index (χ2n) is 3.14. The number of hydrogen-bond acceptors (Lipinski definition) is 6. The van der Waals surface area contributed by atoms with Crippen LogP contribution in [0.5, 0.6) is 0 Å². The van der Waals surface area contributed by atoms with E-state index in [0.717, 1.165) is 12.8 Å². The standard InChI is InChI=1S/C7H11NO.2C2H3NO/c9-6-8-7-4-2-1-3-5-7;2*1-3-2-4/h7H,1-5H2;2*1H3. The average molecular weight is 239 g/mol. The first-order valence-electron chi connectivity index (χ1n) is 5.25. The van der Waals surface area contributed by atoms with Crippen LogP contribution in [0.15, 0.2) is 15.0 Å². The Bertz CT molecular complexity index is 290. The summed E-state index contributed by atoms with van der Waals surface area (Å²) in [6.45, 7) is 0. The molecule has 0 bridgehead atoms. The summed E-state index contributed by atoms with van der Waals surface area (Å²) in [5, 5.41) is 0. The summed E-state index contributed by atoms with van der Waals surface area (Å²) in [5.74, 6) is 0. The van der Waals surface area contributed by atoms with Crippen molar-refractivity contribution in [2.45, 2.75) is 38.1 Å². The van der Waals surface area contributed by atoms with Crippen LogP contribution in [0.2, 0.25) is 0 Å². The second kappa shape index (κ2) is 16.6. The lowest BCUT2D eigenvalue weighted by Crippen LogP contribution is -2.08. The Labute approximate surface area is 101 Å². The minimum absolute atomic E-state index is 0.302. The van der Waals surface area contributed by atoms with E-state index in [1.54, 1.807) is 6.08 Å². The van der Waals surface area contributed by atoms with Gasteiger partial charge in [-0.2, -0.15) is 0 Å². The fraction of sp³-hybridized carbons (Fsp3) is 0.727. The molecule has 0 aromatic rings. The van der Waals surface area contributed by atoms with E-state index in [1.165, 1.54) is 45.5 Å². The molecular formula is C11H17N3O3. The molecule has 0 amide bonds. The van der Waals surface area contributed by atoms with Crippen molar-refractivity contribution in [2.24, 2.45) is 15.0 Å². The highest BCUT2D eigenvalue weighted by molar-refractivity contribution is 5.33. The van der Waals surface area contributed by atoms with Crippen molar-refractivity contribution < 1.29 is 14.4 Å². The molecule has 0 aliphatic heterocycles. The molecule has 0 saturated heterocycles. The molecule has 0 N–H and O–H groups in total. The van der Waals surface area contributed by atoms with Gasteiger partial charge in [-0.1, -0.05) is 19.3 Å². The zero-order chi connectivity index (χ0) is 13.4. The molecule has 17 heavy (non-hydrogen) atoms. The summed E-state index contributed by atoms with van der Waals surface area (Å²) < 4.78 is 0. The van der Waals surface area contributed by atoms with Gasteiger partial charge in [0.1, 0.15) is 0 Å². The number of rotatable bonds is 1. The SMILES string of the molecule is CN=C=O.CN=C=O.O=C=NC1CCCCC1. The van der Waals surface area contributed by atoms with Crippen LogP contribution in [0.25, 0.3) is 0 Å². The van der Waals surface area contributed by atoms with Crippen LogP contribution in [-0.4, -0.2) is 38.4 Å². The summed E-state index contributed by atoms with van der Waals surface area (Å²) in [6.07, 6.45) is 10.2. The molecule has 0 atom stereocenters. The van der Waals surface area contributed by atoms with Gasteiger partial charge >= 0.3 is 0 Å². The average Bonchev–Trinajstić information content (AvgIpc) is 2.41. The van der Waals surface area contributed by atoms with E-state index in [1.807, 2.05) is 0 Å². The largest absolute Gasteiger partial charge is 0.235 e. The van der Waals surface area contributed by atoms with Gasteiger partial charge in [-0.3, -0.25) is 0 Å². The van der Waals surface area contributed by atoms with Crippen LogP contribution >= 0.6 is 0 Å². The maximum absolute atomic E-state index is 9.78. The minimum Gasteiger partial charge on any atom is -0.211 e. The van der Waals surface area contributed by atoms with Gasteiger partial charge in [0.25, 0.3) is 0 Å². The van der Waals surface area contributed by atoms with Gasteiger partial charge in [-0.15, -0.1) is 0 Å². The van der Waals surface area contributed by atoms with Crippen molar-refractivity contribution >= 4 is 18.2 Å². The zero-order valence-electron chi connectivity index (χ0n) is 10.2. The molecule has 0 heterocycles. The van der Waals surface area contributed by atoms with Crippen LogP contribution < -0.4 is 0 Å². The molecule has 1 fully saturated rings. The molecule has 1 rings (SSSR count). The summed E-state index contributed by atoms with van der Waals surface area (Å²) in [4.78, 5) is 37.1. The number of isocyanates is 3. The van der Waals surface area contributed by atoms with Crippen molar-refractivity contribution in [3.63, 3.8) is 0 Å². The summed E-state index contributed by atoms with van der Waals surface area (Å²) in [7, 11) is 2.76. The Morgan fingerprint density at radius 2 is 1.24 bits per heavy atom. The lowest BCUT2D eigenvalue weighted by Gasteiger charge is -2.14. The van der Waals surface area contributed by atoms with Crippen molar-refractivity contribution in [3.05, 3.63) is 0 Å². The van der Waals surface area contributed by atoms with Crippen LogP contribution in [-0.2, 0) is 14.4 Å².